The molecule has 1 unspecified atom stereocenters. The van der Waals surface area contributed by atoms with Crippen LogP contribution in [0.15, 0.2) is 60.7 Å². The third-order valence-corrected chi connectivity index (χ3v) is 11.0. The lowest BCUT2D eigenvalue weighted by molar-refractivity contribution is -0.121. The SMILES string of the molecule is Cc1nc(C)c(-c2ccc3cc(-c4c(C5CCCCC5)c5ccc6cc5n4CC(=O)NCC/C=C\CS(=O)NC6=O)ccc3n2)s1. The number of benzene rings is 2. The second-order valence-electron chi connectivity index (χ2n) is 12.2. The molecule has 0 radical (unpaired) electrons. The Morgan fingerprint density at radius 1 is 0.935 bits per heavy atom. The smallest absolute Gasteiger partial charge is 0.263 e. The first kappa shape index (κ1) is 30.5. The number of hydrogen-bond donors (Lipinski definition) is 2. The van der Waals surface area contributed by atoms with Gasteiger partial charge in [0.15, 0.2) is 0 Å². The van der Waals surface area contributed by atoms with Crippen molar-refractivity contribution in [3.05, 3.63) is 82.5 Å². The van der Waals surface area contributed by atoms with Crippen molar-refractivity contribution in [2.24, 2.45) is 0 Å². The summed E-state index contributed by atoms with van der Waals surface area (Å²) in [6, 6.07) is 16.2. The number of aromatic nitrogens is 3. The van der Waals surface area contributed by atoms with E-state index in [0.717, 1.165) is 80.0 Å². The molecular weight excluding hydrogens is 615 g/mol. The van der Waals surface area contributed by atoms with Gasteiger partial charge in [0.1, 0.15) is 17.5 Å². The molecular formula is C36H37N5O3S2. The van der Waals surface area contributed by atoms with E-state index >= 15 is 0 Å². The highest BCUT2D eigenvalue weighted by atomic mass is 32.2. The monoisotopic (exact) mass is 651 g/mol. The summed E-state index contributed by atoms with van der Waals surface area (Å²) in [7, 11) is -1.54. The molecule has 2 aromatic carbocycles. The minimum Gasteiger partial charge on any atom is -0.354 e. The zero-order chi connectivity index (χ0) is 31.8. The van der Waals surface area contributed by atoms with Crippen LogP contribution in [0.4, 0.5) is 0 Å². The molecule has 0 spiro atoms. The Bertz CT molecular complexity index is 2040. The number of nitrogens with zero attached hydrogens (tertiary/aromatic N) is 3. The van der Waals surface area contributed by atoms with Gasteiger partial charge in [-0.15, -0.1) is 11.3 Å². The van der Waals surface area contributed by atoms with E-state index < -0.39 is 11.0 Å². The number of carbonyl (C=O) groups excluding carboxylic acids is 2. The van der Waals surface area contributed by atoms with Gasteiger partial charge in [0.25, 0.3) is 5.91 Å². The molecule has 2 N–H and O–H groups in total. The van der Waals surface area contributed by atoms with E-state index in [2.05, 4.69) is 49.9 Å². The van der Waals surface area contributed by atoms with Crippen LogP contribution in [-0.2, 0) is 22.3 Å². The molecule has 2 amide bonds. The lowest BCUT2D eigenvalue weighted by atomic mass is 9.81. The molecule has 1 fully saturated rings. The fraction of sp³-hybridized carbons (Fsp3) is 0.333. The Labute approximate surface area is 274 Å². The lowest BCUT2D eigenvalue weighted by Gasteiger charge is -2.24. The van der Waals surface area contributed by atoms with Gasteiger partial charge in [0.2, 0.25) is 5.91 Å². The average molecular weight is 652 g/mol. The average Bonchev–Trinajstić information content (AvgIpc) is 3.57. The number of nitrogens with one attached hydrogen (secondary N) is 2. The first-order chi connectivity index (χ1) is 22.4. The van der Waals surface area contributed by atoms with Crippen molar-refractivity contribution in [2.75, 3.05) is 12.3 Å². The number of rotatable bonds is 3. The number of hydrogen-bond acceptors (Lipinski definition) is 6. The van der Waals surface area contributed by atoms with Crippen LogP contribution in [0.3, 0.4) is 0 Å². The van der Waals surface area contributed by atoms with Crippen LogP contribution >= 0.6 is 11.3 Å². The van der Waals surface area contributed by atoms with Gasteiger partial charge in [-0.2, -0.15) is 0 Å². The number of carbonyl (C=O) groups is 2. The van der Waals surface area contributed by atoms with Gasteiger partial charge in [-0.05, 0) is 80.5 Å². The maximum Gasteiger partial charge on any atom is 0.263 e. The maximum atomic E-state index is 13.5. The van der Waals surface area contributed by atoms with E-state index in [0.29, 0.717) is 24.4 Å². The molecule has 1 saturated carbocycles. The van der Waals surface area contributed by atoms with Gasteiger partial charge in [-0.1, -0.05) is 49.6 Å². The number of amides is 2. The number of aryl methyl sites for hydroxylation is 2. The molecule has 1 aliphatic heterocycles. The van der Waals surface area contributed by atoms with Gasteiger partial charge in [-0.3, -0.25) is 14.3 Å². The minimum absolute atomic E-state index is 0.0858. The number of fused-ring (bicyclic) bond motifs is 2. The van der Waals surface area contributed by atoms with Crippen molar-refractivity contribution < 1.29 is 13.8 Å². The summed E-state index contributed by atoms with van der Waals surface area (Å²) in [4.78, 5) is 37.3. The Hall–Kier alpha value is -4.15. The van der Waals surface area contributed by atoms with Crippen LogP contribution in [0, 0.1) is 13.8 Å². The summed E-state index contributed by atoms with van der Waals surface area (Å²) in [5, 5.41) is 6.16. The second kappa shape index (κ2) is 12.9. The molecule has 4 heterocycles. The summed E-state index contributed by atoms with van der Waals surface area (Å²) >= 11 is 1.66. The van der Waals surface area contributed by atoms with Crippen LogP contribution in [0.2, 0.25) is 0 Å². The molecule has 46 heavy (non-hydrogen) atoms. The van der Waals surface area contributed by atoms with Gasteiger partial charge < -0.3 is 9.88 Å². The zero-order valence-corrected chi connectivity index (χ0v) is 27.7. The van der Waals surface area contributed by atoms with Crippen LogP contribution < -0.4 is 10.0 Å². The molecule has 7 rings (SSSR count). The molecule has 3 aromatic heterocycles. The topological polar surface area (TPSA) is 106 Å². The molecule has 236 valence electrons. The molecule has 5 aromatic rings. The molecule has 1 atom stereocenters. The van der Waals surface area contributed by atoms with E-state index in [4.69, 9.17) is 4.98 Å². The van der Waals surface area contributed by atoms with E-state index in [1.807, 2.05) is 38.1 Å². The summed E-state index contributed by atoms with van der Waals surface area (Å²) in [6.45, 7) is 4.64. The molecule has 8 nitrogen and oxygen atoms in total. The summed E-state index contributed by atoms with van der Waals surface area (Å²) < 4.78 is 17.3. The molecule has 10 heteroatoms. The largest absolute Gasteiger partial charge is 0.354 e. The van der Waals surface area contributed by atoms with Crippen molar-refractivity contribution in [1.82, 2.24) is 24.6 Å². The van der Waals surface area contributed by atoms with Crippen molar-refractivity contribution in [2.45, 2.75) is 64.8 Å². The quantitative estimate of drug-likeness (QED) is 0.202. The van der Waals surface area contributed by atoms with E-state index in [9.17, 15) is 13.8 Å². The number of pyridine rings is 1. The lowest BCUT2D eigenvalue weighted by Crippen LogP contribution is -2.28. The van der Waals surface area contributed by atoms with Gasteiger partial charge in [-0.25, -0.2) is 14.2 Å². The summed E-state index contributed by atoms with van der Waals surface area (Å²) in [5.74, 6) is 0.0841. The standard InChI is InChI=1S/C36H37N5O3S2/c1-22-35(45-23(2)38-22)30-16-12-25-19-26(13-15-29(25)39-30)34-33(24-9-5-3-6-10-24)28-14-11-27-20-31(28)41(34)21-32(42)37-17-7-4-8-18-46(44)40-36(27)43/h4,8,11-16,19-20,24H,3,5-7,9-10,17-18,21H2,1-2H3,(H,37,42)(H,40,43)/b8-4-. The van der Waals surface area contributed by atoms with Crippen LogP contribution in [0.1, 0.15) is 71.1 Å². The van der Waals surface area contributed by atoms with Crippen LogP contribution in [0.5, 0.6) is 0 Å². The molecule has 1 aliphatic carbocycles. The van der Waals surface area contributed by atoms with Gasteiger partial charge >= 0.3 is 0 Å². The highest BCUT2D eigenvalue weighted by Crippen LogP contribution is 2.45. The molecule has 2 aliphatic rings. The Morgan fingerprint density at radius 3 is 2.57 bits per heavy atom. The predicted octanol–water partition coefficient (Wildman–Crippen LogP) is 7.11. The summed E-state index contributed by atoms with van der Waals surface area (Å²) in [6.07, 6.45) is 10.0. The summed E-state index contributed by atoms with van der Waals surface area (Å²) in [5.41, 5.74) is 7.34. The fourth-order valence-corrected chi connectivity index (χ4v) is 8.55. The highest BCUT2D eigenvalue weighted by Gasteiger charge is 2.28. The first-order valence-electron chi connectivity index (χ1n) is 16.0. The van der Waals surface area contributed by atoms with Crippen molar-refractivity contribution in [3.8, 4) is 21.8 Å². The predicted molar refractivity (Wildman–Crippen MR) is 186 cm³/mol. The zero-order valence-electron chi connectivity index (χ0n) is 26.1. The van der Waals surface area contributed by atoms with Crippen LogP contribution in [0.25, 0.3) is 43.6 Å². The van der Waals surface area contributed by atoms with Crippen LogP contribution in [-0.4, -0.2) is 42.9 Å². The number of thiazole rings is 1. The minimum atomic E-state index is -1.54. The van der Waals surface area contributed by atoms with Gasteiger partial charge in [0, 0.05) is 22.9 Å². The van der Waals surface area contributed by atoms with E-state index in [1.54, 1.807) is 17.4 Å². The molecule has 0 saturated heterocycles. The van der Waals surface area contributed by atoms with Crippen molar-refractivity contribution in [3.63, 3.8) is 0 Å². The van der Waals surface area contributed by atoms with Gasteiger partial charge in [0.05, 0.1) is 43.8 Å². The Morgan fingerprint density at radius 2 is 1.76 bits per heavy atom. The Kier molecular flexibility index (Phi) is 8.57. The van der Waals surface area contributed by atoms with E-state index in [-0.39, 0.29) is 24.1 Å². The maximum absolute atomic E-state index is 13.5. The first-order valence-corrected chi connectivity index (χ1v) is 18.1. The highest BCUT2D eigenvalue weighted by molar-refractivity contribution is 7.83. The Balaban J connectivity index is 1.41. The third kappa shape index (κ3) is 6.03. The van der Waals surface area contributed by atoms with Crippen molar-refractivity contribution in [1.29, 1.82) is 0 Å². The van der Waals surface area contributed by atoms with E-state index in [1.165, 1.54) is 12.0 Å². The second-order valence-corrected chi connectivity index (χ2v) is 14.7. The van der Waals surface area contributed by atoms with Crippen molar-refractivity contribution >= 4 is 55.9 Å². The normalized spacial score (nSPS) is 19.1. The third-order valence-electron chi connectivity index (χ3n) is 9.03. The molecule has 2 bridgehead atoms. The fourth-order valence-electron chi connectivity index (χ4n) is 6.94.